The molecule has 0 bridgehead atoms. The molecule has 0 fully saturated rings. The lowest BCUT2D eigenvalue weighted by atomic mass is 10.0. The van der Waals surface area contributed by atoms with Crippen molar-refractivity contribution in [3.05, 3.63) is 54.1 Å². The number of hydrogen-bond donors (Lipinski definition) is 2. The highest BCUT2D eigenvalue weighted by Crippen LogP contribution is 2.22. The molecule has 5 heteroatoms. The molecule has 0 spiro atoms. The van der Waals surface area contributed by atoms with Gasteiger partial charge in [0.25, 0.3) is 5.91 Å². The second kappa shape index (κ2) is 6.76. The van der Waals surface area contributed by atoms with Gasteiger partial charge in [-0.2, -0.15) is 0 Å². The van der Waals surface area contributed by atoms with Crippen LogP contribution in [0.25, 0.3) is 11.1 Å². The maximum atomic E-state index is 11.6. The van der Waals surface area contributed by atoms with Crippen LogP contribution in [0.3, 0.4) is 0 Å². The predicted octanol–water partition coefficient (Wildman–Crippen LogP) is 2.81. The van der Waals surface area contributed by atoms with E-state index in [1.807, 2.05) is 36.4 Å². The first-order valence-electron chi connectivity index (χ1n) is 6.92. The third-order valence-electron chi connectivity index (χ3n) is 3.25. The smallest absolute Gasteiger partial charge is 0.321 e. The van der Waals surface area contributed by atoms with Gasteiger partial charge >= 0.3 is 6.03 Å². The number of carbonyl (C=O) groups excluding carboxylic acids is 2. The Kier molecular flexibility index (Phi) is 4.78. The summed E-state index contributed by atoms with van der Waals surface area (Å²) < 4.78 is 0. The van der Waals surface area contributed by atoms with Crippen molar-refractivity contribution in [1.82, 2.24) is 10.2 Å². The van der Waals surface area contributed by atoms with Gasteiger partial charge in [-0.15, -0.1) is 0 Å². The summed E-state index contributed by atoms with van der Waals surface area (Å²) in [6.45, 7) is 0. The molecule has 22 heavy (non-hydrogen) atoms. The number of nitrogens with one attached hydrogen (secondary N) is 2. The summed E-state index contributed by atoms with van der Waals surface area (Å²) in [4.78, 5) is 24.6. The number of rotatable bonds is 3. The summed E-state index contributed by atoms with van der Waals surface area (Å²) in [5.74, 6) is -0.103. The Balaban J connectivity index is 2.13. The molecule has 0 saturated carbocycles. The van der Waals surface area contributed by atoms with E-state index in [2.05, 4.69) is 10.6 Å². The Morgan fingerprint density at radius 1 is 0.864 bits per heavy atom. The van der Waals surface area contributed by atoms with Crippen LogP contribution in [0.5, 0.6) is 0 Å². The van der Waals surface area contributed by atoms with Crippen LogP contribution < -0.4 is 10.6 Å². The maximum absolute atomic E-state index is 11.6. The lowest BCUT2D eigenvalue weighted by Gasteiger charge is -2.12. The van der Waals surface area contributed by atoms with Crippen LogP contribution in [0.1, 0.15) is 10.4 Å². The molecule has 2 aromatic rings. The minimum absolute atomic E-state index is 0.103. The van der Waals surface area contributed by atoms with Crippen LogP contribution in [0.2, 0.25) is 0 Å². The van der Waals surface area contributed by atoms with E-state index in [4.69, 9.17) is 0 Å². The quantitative estimate of drug-likeness (QED) is 0.915. The lowest BCUT2D eigenvalue weighted by Crippen LogP contribution is -2.27. The molecule has 0 aliphatic rings. The Hall–Kier alpha value is -2.82. The van der Waals surface area contributed by atoms with Gasteiger partial charge in [0.2, 0.25) is 0 Å². The van der Waals surface area contributed by atoms with Gasteiger partial charge < -0.3 is 15.5 Å². The zero-order valence-electron chi connectivity index (χ0n) is 12.9. The number of urea groups is 1. The highest BCUT2D eigenvalue weighted by atomic mass is 16.2. The van der Waals surface area contributed by atoms with E-state index in [9.17, 15) is 9.59 Å². The van der Waals surface area contributed by atoms with Crippen LogP contribution in [-0.2, 0) is 0 Å². The van der Waals surface area contributed by atoms with Crippen molar-refractivity contribution in [3.8, 4) is 11.1 Å². The van der Waals surface area contributed by atoms with E-state index >= 15 is 0 Å². The van der Waals surface area contributed by atoms with Crippen molar-refractivity contribution < 1.29 is 9.59 Å². The second-order valence-corrected chi connectivity index (χ2v) is 5.06. The van der Waals surface area contributed by atoms with Gasteiger partial charge in [0.15, 0.2) is 0 Å². The average molecular weight is 297 g/mol. The largest absolute Gasteiger partial charge is 0.355 e. The molecule has 5 nitrogen and oxygen atoms in total. The van der Waals surface area contributed by atoms with E-state index in [1.165, 1.54) is 4.90 Å². The normalized spacial score (nSPS) is 9.95. The topological polar surface area (TPSA) is 61.4 Å². The van der Waals surface area contributed by atoms with E-state index in [0.717, 1.165) is 16.8 Å². The first kappa shape index (κ1) is 15.6. The standard InChI is InChI=1S/C17H19N3O2/c1-18-16(21)14-6-4-12(5-7-14)13-8-10-15(11-9-13)19-17(22)20(2)3/h4-11H,1-3H3,(H,18,21)(H,19,22). The van der Waals surface area contributed by atoms with Crippen LogP contribution in [0.4, 0.5) is 10.5 Å². The van der Waals surface area contributed by atoms with Crippen molar-refractivity contribution in [1.29, 1.82) is 0 Å². The number of hydrogen-bond acceptors (Lipinski definition) is 2. The summed E-state index contributed by atoms with van der Waals surface area (Å²) in [5, 5.41) is 5.38. The number of carbonyl (C=O) groups is 2. The molecule has 0 aromatic heterocycles. The molecule has 2 aromatic carbocycles. The molecule has 2 N–H and O–H groups in total. The molecule has 0 aliphatic carbocycles. The SMILES string of the molecule is CNC(=O)c1ccc(-c2ccc(NC(=O)N(C)C)cc2)cc1. The second-order valence-electron chi connectivity index (χ2n) is 5.06. The van der Waals surface area contributed by atoms with Crippen molar-refractivity contribution >= 4 is 17.6 Å². The van der Waals surface area contributed by atoms with E-state index in [0.29, 0.717) is 5.56 Å². The fourth-order valence-corrected chi connectivity index (χ4v) is 1.94. The van der Waals surface area contributed by atoms with Crippen molar-refractivity contribution in [2.24, 2.45) is 0 Å². The van der Waals surface area contributed by atoms with Crippen molar-refractivity contribution in [2.75, 3.05) is 26.5 Å². The highest BCUT2D eigenvalue weighted by molar-refractivity contribution is 5.94. The van der Waals surface area contributed by atoms with Gasteiger partial charge in [0, 0.05) is 32.4 Å². The van der Waals surface area contributed by atoms with Crippen LogP contribution in [-0.4, -0.2) is 38.0 Å². The van der Waals surface area contributed by atoms with E-state index in [1.54, 1.807) is 33.3 Å². The fourth-order valence-electron chi connectivity index (χ4n) is 1.94. The monoisotopic (exact) mass is 297 g/mol. The average Bonchev–Trinajstić information content (AvgIpc) is 2.55. The minimum Gasteiger partial charge on any atom is -0.355 e. The van der Waals surface area contributed by atoms with Gasteiger partial charge in [-0.05, 0) is 35.4 Å². The van der Waals surface area contributed by atoms with Crippen molar-refractivity contribution in [3.63, 3.8) is 0 Å². The predicted molar refractivity (Wildman–Crippen MR) is 88.0 cm³/mol. The van der Waals surface area contributed by atoms with E-state index < -0.39 is 0 Å². The third kappa shape index (κ3) is 3.63. The summed E-state index contributed by atoms with van der Waals surface area (Å²) >= 11 is 0. The molecule has 0 atom stereocenters. The van der Waals surface area contributed by atoms with Crippen LogP contribution >= 0.6 is 0 Å². The van der Waals surface area contributed by atoms with Crippen LogP contribution in [0, 0.1) is 0 Å². The lowest BCUT2D eigenvalue weighted by molar-refractivity contribution is 0.0963. The molecule has 0 unspecified atom stereocenters. The third-order valence-corrected chi connectivity index (χ3v) is 3.25. The summed E-state index contributed by atoms with van der Waals surface area (Å²) in [6.07, 6.45) is 0. The fraction of sp³-hybridized carbons (Fsp3) is 0.176. The number of amides is 3. The maximum Gasteiger partial charge on any atom is 0.321 e. The molecule has 114 valence electrons. The molecule has 0 radical (unpaired) electrons. The summed E-state index contributed by atoms with van der Waals surface area (Å²) in [5.41, 5.74) is 3.40. The van der Waals surface area contributed by atoms with Gasteiger partial charge in [-0.1, -0.05) is 24.3 Å². The zero-order chi connectivity index (χ0) is 16.1. The Labute approximate surface area is 129 Å². The van der Waals surface area contributed by atoms with Gasteiger partial charge in [-0.25, -0.2) is 4.79 Å². The molecule has 0 heterocycles. The summed E-state index contributed by atoms with van der Waals surface area (Å²) in [7, 11) is 4.99. The molecule has 3 amide bonds. The number of benzene rings is 2. The number of nitrogens with zero attached hydrogens (tertiary/aromatic N) is 1. The van der Waals surface area contributed by atoms with Gasteiger partial charge in [-0.3, -0.25) is 4.79 Å². The van der Waals surface area contributed by atoms with E-state index in [-0.39, 0.29) is 11.9 Å². The van der Waals surface area contributed by atoms with Gasteiger partial charge in [0.1, 0.15) is 0 Å². The zero-order valence-corrected chi connectivity index (χ0v) is 12.9. The Morgan fingerprint density at radius 3 is 1.82 bits per heavy atom. The Morgan fingerprint density at radius 2 is 1.36 bits per heavy atom. The highest BCUT2D eigenvalue weighted by Gasteiger charge is 2.05. The first-order valence-corrected chi connectivity index (χ1v) is 6.92. The molecule has 0 saturated heterocycles. The molecular formula is C17H19N3O2. The first-order chi connectivity index (χ1) is 10.5. The van der Waals surface area contributed by atoms with Crippen LogP contribution in [0.15, 0.2) is 48.5 Å². The molecule has 0 aliphatic heterocycles. The molecular weight excluding hydrogens is 278 g/mol. The van der Waals surface area contributed by atoms with Crippen molar-refractivity contribution in [2.45, 2.75) is 0 Å². The summed E-state index contributed by atoms with van der Waals surface area (Å²) in [6, 6.07) is 14.8. The minimum atomic E-state index is -0.164. The molecule has 2 rings (SSSR count). The number of anilines is 1. The Bertz CT molecular complexity index is 661. The van der Waals surface area contributed by atoms with Gasteiger partial charge in [0.05, 0.1) is 0 Å².